The third-order valence-corrected chi connectivity index (χ3v) is 2.83. The Balaban J connectivity index is 1.67. The van der Waals surface area contributed by atoms with Gasteiger partial charge in [0.15, 0.2) is 0 Å². The summed E-state index contributed by atoms with van der Waals surface area (Å²) in [5, 5.41) is 10.2. The van der Waals surface area contributed by atoms with Crippen molar-refractivity contribution in [3.8, 4) is 0 Å². The maximum Gasteiger partial charge on any atom is 0.225 e. The molecule has 5 heteroatoms. The molecular formula is C11H18N4O. The van der Waals surface area contributed by atoms with Crippen molar-refractivity contribution in [1.29, 1.82) is 0 Å². The van der Waals surface area contributed by atoms with Crippen LogP contribution < -0.4 is 10.6 Å². The van der Waals surface area contributed by atoms with Crippen molar-refractivity contribution in [2.24, 2.45) is 11.8 Å². The lowest BCUT2D eigenvalue weighted by molar-refractivity contribution is -0.126. The van der Waals surface area contributed by atoms with Gasteiger partial charge in [0, 0.05) is 38.6 Å². The Hall–Kier alpha value is -1.36. The zero-order chi connectivity index (χ0) is 11.4. The van der Waals surface area contributed by atoms with E-state index in [1.54, 1.807) is 6.20 Å². The predicted molar refractivity (Wildman–Crippen MR) is 60.8 cm³/mol. The number of rotatable bonds is 5. The second kappa shape index (κ2) is 5.12. The molecule has 2 rings (SSSR count). The molecule has 0 radical (unpaired) electrons. The molecule has 2 N–H and O–H groups in total. The zero-order valence-electron chi connectivity index (χ0n) is 9.52. The summed E-state index contributed by atoms with van der Waals surface area (Å²) >= 11 is 0. The monoisotopic (exact) mass is 222 g/mol. The number of amides is 1. The summed E-state index contributed by atoms with van der Waals surface area (Å²) in [5.41, 5.74) is 0. The Morgan fingerprint density at radius 2 is 2.50 bits per heavy atom. The van der Waals surface area contributed by atoms with Crippen LogP contribution in [0.5, 0.6) is 0 Å². The van der Waals surface area contributed by atoms with Crippen LogP contribution in [0.15, 0.2) is 18.5 Å². The number of nitrogens with one attached hydrogen (secondary N) is 2. The minimum atomic E-state index is 0.172. The molecule has 1 aliphatic heterocycles. The van der Waals surface area contributed by atoms with Crippen LogP contribution in [0.25, 0.3) is 0 Å². The van der Waals surface area contributed by atoms with Crippen LogP contribution in [0.2, 0.25) is 0 Å². The van der Waals surface area contributed by atoms with Crippen molar-refractivity contribution in [3.63, 3.8) is 0 Å². The van der Waals surface area contributed by atoms with E-state index >= 15 is 0 Å². The predicted octanol–water partition coefficient (Wildman–Crippen LogP) is -0.145. The van der Waals surface area contributed by atoms with Crippen molar-refractivity contribution in [2.75, 3.05) is 19.6 Å². The molecule has 1 aromatic heterocycles. The summed E-state index contributed by atoms with van der Waals surface area (Å²) in [5.74, 6) is 0.750. The summed E-state index contributed by atoms with van der Waals surface area (Å²) in [7, 11) is 0. The van der Waals surface area contributed by atoms with E-state index in [0.29, 0.717) is 5.92 Å². The molecule has 0 aliphatic carbocycles. The quantitative estimate of drug-likeness (QED) is 0.728. The molecule has 5 nitrogen and oxygen atoms in total. The molecule has 2 heterocycles. The zero-order valence-corrected chi connectivity index (χ0v) is 9.52. The van der Waals surface area contributed by atoms with E-state index in [0.717, 1.165) is 26.2 Å². The molecule has 16 heavy (non-hydrogen) atoms. The molecule has 1 saturated heterocycles. The van der Waals surface area contributed by atoms with Crippen LogP contribution in [0, 0.1) is 11.8 Å². The lowest BCUT2D eigenvalue weighted by Gasteiger charge is -2.26. The number of nitrogens with zero attached hydrogens (tertiary/aromatic N) is 2. The van der Waals surface area contributed by atoms with E-state index in [1.165, 1.54) is 0 Å². The average Bonchev–Trinajstić information content (AvgIpc) is 2.64. The minimum absolute atomic E-state index is 0.172. The van der Waals surface area contributed by atoms with Gasteiger partial charge in [-0.1, -0.05) is 6.92 Å². The maximum absolute atomic E-state index is 11.6. The Morgan fingerprint density at radius 1 is 1.69 bits per heavy atom. The number of carbonyl (C=O) groups is 1. The van der Waals surface area contributed by atoms with Crippen LogP contribution in [0.3, 0.4) is 0 Å². The first-order chi connectivity index (χ1) is 7.75. The van der Waals surface area contributed by atoms with Crippen molar-refractivity contribution in [3.05, 3.63) is 18.5 Å². The van der Waals surface area contributed by atoms with Gasteiger partial charge in [0.2, 0.25) is 5.91 Å². The van der Waals surface area contributed by atoms with Gasteiger partial charge in [-0.3, -0.25) is 9.48 Å². The van der Waals surface area contributed by atoms with E-state index in [-0.39, 0.29) is 11.8 Å². The molecule has 1 unspecified atom stereocenters. The Kier molecular flexibility index (Phi) is 3.56. The number of aromatic nitrogens is 2. The Bertz CT molecular complexity index is 332. The van der Waals surface area contributed by atoms with Gasteiger partial charge < -0.3 is 10.6 Å². The van der Waals surface area contributed by atoms with Gasteiger partial charge in [0.05, 0.1) is 5.92 Å². The standard InChI is InChI=1S/C11H18N4O/c1-9(8-15-4-2-3-14-15)5-13-11(16)10-6-12-7-10/h2-4,9-10,12H,5-8H2,1H3,(H,13,16). The minimum Gasteiger partial charge on any atom is -0.355 e. The lowest BCUT2D eigenvalue weighted by Crippen LogP contribution is -2.51. The molecule has 1 aliphatic rings. The fraction of sp³-hybridized carbons (Fsp3) is 0.636. The molecule has 1 fully saturated rings. The fourth-order valence-electron chi connectivity index (χ4n) is 1.69. The number of hydrogen-bond acceptors (Lipinski definition) is 3. The molecule has 0 aromatic carbocycles. The van der Waals surface area contributed by atoms with Gasteiger partial charge in [0.1, 0.15) is 0 Å². The topological polar surface area (TPSA) is 59.0 Å². The van der Waals surface area contributed by atoms with E-state index in [9.17, 15) is 4.79 Å². The van der Waals surface area contributed by atoms with Crippen molar-refractivity contribution in [2.45, 2.75) is 13.5 Å². The normalized spacial score (nSPS) is 17.8. The fourth-order valence-corrected chi connectivity index (χ4v) is 1.69. The van der Waals surface area contributed by atoms with E-state index < -0.39 is 0 Å². The third kappa shape index (κ3) is 2.82. The molecular weight excluding hydrogens is 204 g/mol. The van der Waals surface area contributed by atoms with Crippen LogP contribution in [0.1, 0.15) is 6.92 Å². The summed E-state index contributed by atoms with van der Waals surface area (Å²) in [6.07, 6.45) is 3.71. The maximum atomic E-state index is 11.6. The van der Waals surface area contributed by atoms with Crippen LogP contribution in [0.4, 0.5) is 0 Å². The summed E-state index contributed by atoms with van der Waals surface area (Å²) in [6.45, 7) is 5.31. The summed E-state index contributed by atoms with van der Waals surface area (Å²) in [6, 6.07) is 1.91. The lowest BCUT2D eigenvalue weighted by atomic mass is 10.0. The second-order valence-corrected chi connectivity index (χ2v) is 4.43. The first-order valence-corrected chi connectivity index (χ1v) is 5.71. The molecule has 1 aromatic rings. The van der Waals surface area contributed by atoms with Crippen LogP contribution in [-0.4, -0.2) is 35.3 Å². The van der Waals surface area contributed by atoms with Crippen molar-refractivity contribution in [1.82, 2.24) is 20.4 Å². The molecule has 0 saturated carbocycles. The van der Waals surface area contributed by atoms with E-state index in [1.807, 2.05) is 16.9 Å². The Morgan fingerprint density at radius 3 is 3.06 bits per heavy atom. The van der Waals surface area contributed by atoms with Gasteiger partial charge in [-0.2, -0.15) is 5.10 Å². The van der Waals surface area contributed by atoms with Gasteiger partial charge in [-0.15, -0.1) is 0 Å². The Labute approximate surface area is 95.2 Å². The van der Waals surface area contributed by atoms with Gasteiger partial charge in [0.25, 0.3) is 0 Å². The smallest absolute Gasteiger partial charge is 0.225 e. The van der Waals surface area contributed by atoms with E-state index in [4.69, 9.17) is 0 Å². The highest BCUT2D eigenvalue weighted by atomic mass is 16.2. The molecule has 0 spiro atoms. The van der Waals surface area contributed by atoms with Gasteiger partial charge >= 0.3 is 0 Å². The highest BCUT2D eigenvalue weighted by molar-refractivity contribution is 5.79. The highest BCUT2D eigenvalue weighted by Crippen LogP contribution is 2.03. The summed E-state index contributed by atoms with van der Waals surface area (Å²) in [4.78, 5) is 11.6. The van der Waals surface area contributed by atoms with E-state index in [2.05, 4.69) is 22.7 Å². The molecule has 1 atom stereocenters. The molecule has 0 bridgehead atoms. The first-order valence-electron chi connectivity index (χ1n) is 5.71. The average molecular weight is 222 g/mol. The third-order valence-electron chi connectivity index (χ3n) is 2.83. The number of carbonyl (C=O) groups excluding carboxylic acids is 1. The molecule has 88 valence electrons. The van der Waals surface area contributed by atoms with Crippen molar-refractivity contribution < 1.29 is 4.79 Å². The summed E-state index contributed by atoms with van der Waals surface area (Å²) < 4.78 is 1.89. The van der Waals surface area contributed by atoms with Crippen LogP contribution in [-0.2, 0) is 11.3 Å². The first kappa shape index (κ1) is 11.1. The largest absolute Gasteiger partial charge is 0.355 e. The highest BCUT2D eigenvalue weighted by Gasteiger charge is 2.24. The molecule has 1 amide bonds. The van der Waals surface area contributed by atoms with Gasteiger partial charge in [-0.05, 0) is 12.0 Å². The number of hydrogen-bond donors (Lipinski definition) is 2. The van der Waals surface area contributed by atoms with Crippen molar-refractivity contribution >= 4 is 5.91 Å². The SMILES string of the molecule is CC(CNC(=O)C1CNC1)Cn1cccn1. The van der Waals surface area contributed by atoms with Crippen LogP contribution >= 0.6 is 0 Å². The van der Waals surface area contributed by atoms with Gasteiger partial charge in [-0.25, -0.2) is 0 Å². The second-order valence-electron chi connectivity index (χ2n) is 4.43.